The number of carbonyl (C=O) groups is 1. The number of carbonyl (C=O) groups excluding carboxylic acids is 1. The molecule has 1 heterocycles. The Kier molecular flexibility index (Phi) is 2.91. The Morgan fingerprint density at radius 2 is 2.27 bits per heavy atom. The molecule has 2 radical (unpaired) electrons. The summed E-state index contributed by atoms with van der Waals surface area (Å²) in [6.45, 7) is 1.32. The van der Waals surface area contributed by atoms with Gasteiger partial charge in [0.1, 0.15) is 7.85 Å². The first-order valence-electron chi connectivity index (χ1n) is 4.49. The highest BCUT2D eigenvalue weighted by molar-refractivity contribution is 6.15. The number of amides is 1. The maximum absolute atomic E-state index is 12.9. The number of likely N-dealkylation sites (N-methyl/N-ethyl adjacent to an activating group) is 1. The largest absolute Gasteiger partial charge is 0.396 e. The zero-order valence-corrected chi connectivity index (χ0v) is 8.58. The Morgan fingerprint density at radius 1 is 1.73 bits per heavy atom. The van der Waals surface area contributed by atoms with Crippen LogP contribution in [0.1, 0.15) is 13.3 Å². The second kappa shape index (κ2) is 3.59. The number of aliphatic hydroxyl groups is 1. The molecule has 0 aromatic rings. The molecule has 0 saturated carbocycles. The standard InChI is InChI=1S/C9H12BF2NO2/c1-8(10,15)4-3-6-5-9(11,12)7(14)13(6)2/h3-4,6,15H,5H2,1-2H3/b4-3+/t6-,8-/m0/s1. The lowest BCUT2D eigenvalue weighted by molar-refractivity contribution is -0.146. The first-order valence-corrected chi connectivity index (χ1v) is 4.49. The molecule has 0 aliphatic carbocycles. The van der Waals surface area contributed by atoms with Crippen LogP contribution < -0.4 is 0 Å². The lowest BCUT2D eigenvalue weighted by Gasteiger charge is -2.17. The quantitative estimate of drug-likeness (QED) is 0.531. The minimum atomic E-state index is -3.32. The Hall–Kier alpha value is -0.905. The summed E-state index contributed by atoms with van der Waals surface area (Å²) >= 11 is 0. The molecule has 0 unspecified atom stereocenters. The fraction of sp³-hybridized carbons (Fsp3) is 0.667. The summed E-state index contributed by atoms with van der Waals surface area (Å²) in [5, 5.41) is 9.16. The third-order valence-electron chi connectivity index (χ3n) is 2.25. The highest BCUT2D eigenvalue weighted by atomic mass is 19.3. The Morgan fingerprint density at radius 3 is 2.60 bits per heavy atom. The summed E-state index contributed by atoms with van der Waals surface area (Å²) in [4.78, 5) is 12.0. The third-order valence-corrected chi connectivity index (χ3v) is 2.25. The van der Waals surface area contributed by atoms with E-state index in [1.54, 1.807) is 0 Å². The van der Waals surface area contributed by atoms with Gasteiger partial charge in [-0.15, -0.1) is 0 Å². The minimum Gasteiger partial charge on any atom is -0.396 e. The van der Waals surface area contributed by atoms with Crippen molar-refractivity contribution in [1.82, 2.24) is 4.90 Å². The summed E-state index contributed by atoms with van der Waals surface area (Å²) < 4.78 is 25.9. The summed E-state index contributed by atoms with van der Waals surface area (Å²) in [6, 6.07) is -0.720. The maximum Gasteiger partial charge on any atom is 0.327 e. The molecular formula is C9H12BF2NO2. The summed E-state index contributed by atoms with van der Waals surface area (Å²) in [5.41, 5.74) is -1.55. The van der Waals surface area contributed by atoms with Gasteiger partial charge in [-0.3, -0.25) is 4.79 Å². The van der Waals surface area contributed by atoms with Crippen LogP contribution in [0.25, 0.3) is 0 Å². The topological polar surface area (TPSA) is 40.5 Å². The number of halogens is 2. The SMILES string of the molecule is [B][C@@](C)(O)/C=C/[C@H]1CC(F)(F)C(=O)N1C. The van der Waals surface area contributed by atoms with E-state index in [1.807, 2.05) is 0 Å². The molecular weight excluding hydrogens is 203 g/mol. The van der Waals surface area contributed by atoms with E-state index < -0.39 is 29.8 Å². The van der Waals surface area contributed by atoms with Crippen molar-refractivity contribution >= 4 is 13.8 Å². The monoisotopic (exact) mass is 215 g/mol. The summed E-state index contributed by atoms with van der Waals surface area (Å²) in [5.74, 6) is -4.52. The minimum absolute atomic E-state index is 0.574. The zero-order chi connectivity index (χ0) is 11.9. The molecule has 1 rings (SSSR count). The number of hydrogen-bond acceptors (Lipinski definition) is 2. The van der Waals surface area contributed by atoms with Crippen LogP contribution in [-0.4, -0.2) is 48.3 Å². The van der Waals surface area contributed by atoms with Gasteiger partial charge in [0.15, 0.2) is 0 Å². The number of rotatable bonds is 2. The number of alkyl halides is 2. The maximum atomic E-state index is 12.9. The highest BCUT2D eigenvalue weighted by Gasteiger charge is 2.51. The molecule has 0 spiro atoms. The molecule has 0 aromatic carbocycles. The smallest absolute Gasteiger partial charge is 0.327 e. The van der Waals surface area contributed by atoms with Crippen LogP contribution in [-0.2, 0) is 4.79 Å². The Balaban J connectivity index is 2.76. The van der Waals surface area contributed by atoms with Crippen LogP contribution in [0.3, 0.4) is 0 Å². The average Bonchev–Trinajstić information content (AvgIpc) is 2.25. The van der Waals surface area contributed by atoms with E-state index >= 15 is 0 Å². The zero-order valence-electron chi connectivity index (χ0n) is 8.58. The third kappa shape index (κ3) is 2.78. The van der Waals surface area contributed by atoms with E-state index in [0.29, 0.717) is 0 Å². The van der Waals surface area contributed by atoms with E-state index in [0.717, 1.165) is 4.90 Å². The molecule has 0 bridgehead atoms. The molecule has 82 valence electrons. The Labute approximate surface area is 88.2 Å². The fourth-order valence-corrected chi connectivity index (χ4v) is 1.40. The van der Waals surface area contributed by atoms with Gasteiger partial charge >= 0.3 is 5.92 Å². The highest BCUT2D eigenvalue weighted by Crippen LogP contribution is 2.32. The van der Waals surface area contributed by atoms with Crippen molar-refractivity contribution in [2.24, 2.45) is 0 Å². The van der Waals surface area contributed by atoms with E-state index in [9.17, 15) is 13.6 Å². The van der Waals surface area contributed by atoms with Gasteiger partial charge in [0, 0.05) is 19.0 Å². The van der Waals surface area contributed by atoms with Crippen molar-refractivity contribution in [1.29, 1.82) is 0 Å². The average molecular weight is 215 g/mol. The van der Waals surface area contributed by atoms with Gasteiger partial charge in [-0.2, -0.15) is 8.78 Å². The lowest BCUT2D eigenvalue weighted by atomic mass is 9.83. The van der Waals surface area contributed by atoms with Crippen molar-refractivity contribution in [3.05, 3.63) is 12.2 Å². The number of hydrogen-bond donors (Lipinski definition) is 1. The molecule has 1 aliphatic rings. The van der Waals surface area contributed by atoms with Crippen molar-refractivity contribution in [3.63, 3.8) is 0 Å². The molecule has 1 amide bonds. The normalized spacial score (nSPS) is 29.8. The fourth-order valence-electron chi connectivity index (χ4n) is 1.40. The van der Waals surface area contributed by atoms with Crippen LogP contribution in [0.15, 0.2) is 12.2 Å². The van der Waals surface area contributed by atoms with Gasteiger partial charge in [-0.25, -0.2) is 0 Å². The van der Waals surface area contributed by atoms with E-state index in [2.05, 4.69) is 0 Å². The predicted molar refractivity (Wildman–Crippen MR) is 51.6 cm³/mol. The second-order valence-corrected chi connectivity index (χ2v) is 3.98. The van der Waals surface area contributed by atoms with Crippen molar-refractivity contribution in [3.8, 4) is 0 Å². The van der Waals surface area contributed by atoms with Crippen LogP contribution in [0.2, 0.25) is 0 Å². The van der Waals surface area contributed by atoms with Gasteiger partial charge in [0.05, 0.1) is 6.04 Å². The number of nitrogens with zero attached hydrogens (tertiary/aromatic N) is 1. The molecule has 15 heavy (non-hydrogen) atoms. The van der Waals surface area contributed by atoms with Gasteiger partial charge < -0.3 is 10.0 Å². The van der Waals surface area contributed by atoms with Crippen LogP contribution in [0.4, 0.5) is 8.78 Å². The molecule has 1 saturated heterocycles. The molecule has 1 fully saturated rings. The second-order valence-electron chi connectivity index (χ2n) is 3.98. The molecule has 6 heteroatoms. The van der Waals surface area contributed by atoms with Crippen LogP contribution in [0.5, 0.6) is 0 Å². The van der Waals surface area contributed by atoms with E-state index in [1.165, 1.54) is 26.1 Å². The van der Waals surface area contributed by atoms with Crippen molar-refractivity contribution < 1.29 is 18.7 Å². The summed E-state index contributed by atoms with van der Waals surface area (Å²) in [7, 11) is 6.53. The van der Waals surface area contributed by atoms with Crippen molar-refractivity contribution in [2.45, 2.75) is 30.8 Å². The van der Waals surface area contributed by atoms with Crippen LogP contribution in [0, 0.1) is 0 Å². The lowest BCUT2D eigenvalue weighted by Crippen LogP contribution is -2.32. The molecule has 2 atom stereocenters. The van der Waals surface area contributed by atoms with Gasteiger partial charge in [-0.1, -0.05) is 12.2 Å². The van der Waals surface area contributed by atoms with Gasteiger partial charge in [0.2, 0.25) is 0 Å². The van der Waals surface area contributed by atoms with Crippen molar-refractivity contribution in [2.75, 3.05) is 7.05 Å². The van der Waals surface area contributed by atoms with E-state index in [4.69, 9.17) is 13.0 Å². The van der Waals surface area contributed by atoms with Crippen LogP contribution >= 0.6 is 0 Å². The van der Waals surface area contributed by atoms with Gasteiger partial charge in [-0.05, 0) is 6.92 Å². The van der Waals surface area contributed by atoms with Gasteiger partial charge in [0.25, 0.3) is 5.91 Å². The Bertz CT molecular complexity index is 299. The first-order chi connectivity index (χ1) is 6.63. The molecule has 0 aromatic heterocycles. The van der Waals surface area contributed by atoms with E-state index in [-0.39, 0.29) is 0 Å². The molecule has 1 aliphatic heterocycles. The molecule has 1 N–H and O–H groups in total. The first kappa shape index (κ1) is 12.2. The summed E-state index contributed by atoms with van der Waals surface area (Å²) in [6.07, 6.45) is 1.94. The molecule has 3 nitrogen and oxygen atoms in total. The number of likely N-dealkylation sites (tertiary alicyclic amines) is 1. The predicted octanol–water partition coefficient (Wildman–Crippen LogP) is 0.286.